The van der Waals surface area contributed by atoms with Crippen molar-refractivity contribution in [2.24, 2.45) is 0 Å². The maximum absolute atomic E-state index is 12.1. The van der Waals surface area contributed by atoms with Gasteiger partial charge in [0, 0.05) is 11.0 Å². The highest BCUT2D eigenvalue weighted by Crippen LogP contribution is 2.38. The molecule has 0 saturated carbocycles. The van der Waals surface area contributed by atoms with Crippen LogP contribution in [0, 0.1) is 22.7 Å². The molecule has 3 rings (SSSR count). The number of benzene rings is 1. The molecule has 0 amide bonds. The van der Waals surface area contributed by atoms with E-state index < -0.39 is 23.9 Å². The number of nitriles is 2. The summed E-state index contributed by atoms with van der Waals surface area (Å²) in [5.41, 5.74) is 4.36. The van der Waals surface area contributed by atoms with Crippen LogP contribution in [0.1, 0.15) is 38.8 Å². The number of pyridine rings is 1. The normalized spacial score (nSPS) is 17.1. The van der Waals surface area contributed by atoms with Gasteiger partial charge in [0.1, 0.15) is 34.8 Å². The molecule has 8 nitrogen and oxygen atoms in total. The average molecular weight is 378 g/mol. The molecule has 0 aliphatic carbocycles. The van der Waals surface area contributed by atoms with E-state index in [9.17, 15) is 20.4 Å². The zero-order valence-corrected chi connectivity index (χ0v) is 16.0. The third-order valence-corrected chi connectivity index (χ3v) is 5.29. The van der Waals surface area contributed by atoms with E-state index in [0.29, 0.717) is 11.0 Å². The number of nitrogens with zero attached hydrogens (tertiary/aromatic N) is 2. The first kappa shape index (κ1) is 19.5. The van der Waals surface area contributed by atoms with Crippen molar-refractivity contribution in [3.8, 4) is 29.0 Å². The topological polar surface area (TPSA) is 145 Å². The van der Waals surface area contributed by atoms with E-state index in [1.54, 1.807) is 0 Å². The number of aromatic nitrogens is 1. The summed E-state index contributed by atoms with van der Waals surface area (Å²) in [6.45, 7) is 7.53. The van der Waals surface area contributed by atoms with E-state index >= 15 is 0 Å². The van der Waals surface area contributed by atoms with Crippen LogP contribution in [0.5, 0.6) is 5.75 Å². The molecule has 0 atom stereocenters. The van der Waals surface area contributed by atoms with Gasteiger partial charge >= 0.3 is 7.12 Å². The van der Waals surface area contributed by atoms with Crippen LogP contribution >= 0.6 is 0 Å². The Morgan fingerprint density at radius 2 is 1.68 bits per heavy atom. The Balaban J connectivity index is 2.22. The molecule has 1 aliphatic heterocycles. The fraction of sp³-hybridized carbons (Fsp3) is 0.316. The average Bonchev–Trinajstić information content (AvgIpc) is 2.82. The van der Waals surface area contributed by atoms with Crippen LogP contribution in [0.3, 0.4) is 0 Å². The van der Waals surface area contributed by atoms with Crippen molar-refractivity contribution in [1.82, 2.24) is 4.98 Å². The van der Waals surface area contributed by atoms with Gasteiger partial charge < -0.3 is 25.1 Å². The van der Waals surface area contributed by atoms with Gasteiger partial charge in [-0.05, 0) is 39.3 Å². The van der Waals surface area contributed by atoms with Gasteiger partial charge in [0.2, 0.25) is 0 Å². The summed E-state index contributed by atoms with van der Waals surface area (Å²) in [4.78, 5) is 14.4. The first-order valence-electron chi connectivity index (χ1n) is 8.57. The van der Waals surface area contributed by atoms with Gasteiger partial charge in [-0.1, -0.05) is 12.1 Å². The van der Waals surface area contributed by atoms with Gasteiger partial charge in [-0.2, -0.15) is 10.5 Å². The largest absolute Gasteiger partial charge is 0.508 e. The van der Waals surface area contributed by atoms with Gasteiger partial charge in [0.25, 0.3) is 5.56 Å². The predicted octanol–water partition coefficient (Wildman–Crippen LogP) is 1.37. The van der Waals surface area contributed by atoms with Crippen LogP contribution in [0.25, 0.3) is 11.1 Å². The molecule has 1 aromatic heterocycles. The van der Waals surface area contributed by atoms with Crippen molar-refractivity contribution in [3.63, 3.8) is 0 Å². The Kier molecular flexibility index (Phi) is 4.47. The zero-order chi connectivity index (χ0) is 20.9. The third-order valence-electron chi connectivity index (χ3n) is 5.29. The fourth-order valence-electron chi connectivity index (χ4n) is 3.00. The number of anilines is 1. The van der Waals surface area contributed by atoms with Crippen molar-refractivity contribution in [2.75, 3.05) is 5.73 Å². The molecule has 9 heteroatoms. The van der Waals surface area contributed by atoms with Crippen LogP contribution in [-0.4, -0.2) is 28.4 Å². The Morgan fingerprint density at radius 3 is 2.21 bits per heavy atom. The smallest absolute Gasteiger partial charge is 0.498 e. The van der Waals surface area contributed by atoms with Crippen molar-refractivity contribution in [1.29, 1.82) is 10.5 Å². The number of hydrogen-bond acceptors (Lipinski definition) is 7. The Labute approximate surface area is 162 Å². The van der Waals surface area contributed by atoms with E-state index in [0.717, 1.165) is 0 Å². The first-order chi connectivity index (χ1) is 13.0. The van der Waals surface area contributed by atoms with E-state index in [-0.39, 0.29) is 28.3 Å². The summed E-state index contributed by atoms with van der Waals surface area (Å²) in [6.07, 6.45) is 0. The highest BCUT2D eigenvalue weighted by Gasteiger charge is 2.52. The van der Waals surface area contributed by atoms with E-state index in [2.05, 4.69) is 4.98 Å². The number of nitrogen functional groups attached to an aromatic ring is 1. The summed E-state index contributed by atoms with van der Waals surface area (Å²) >= 11 is 0. The summed E-state index contributed by atoms with van der Waals surface area (Å²) in [7, 11) is -0.861. The van der Waals surface area contributed by atoms with Crippen molar-refractivity contribution >= 4 is 18.4 Å². The van der Waals surface area contributed by atoms with Gasteiger partial charge in [-0.3, -0.25) is 4.79 Å². The molecule has 0 unspecified atom stereocenters. The van der Waals surface area contributed by atoms with Crippen LogP contribution < -0.4 is 16.8 Å². The van der Waals surface area contributed by atoms with Gasteiger partial charge in [0.15, 0.2) is 0 Å². The number of rotatable bonds is 2. The second-order valence-corrected chi connectivity index (χ2v) is 7.58. The lowest BCUT2D eigenvalue weighted by molar-refractivity contribution is 0.00578. The second kappa shape index (κ2) is 6.41. The highest BCUT2D eigenvalue weighted by molar-refractivity contribution is 6.63. The number of phenolic OH excluding ortho intramolecular Hbond substituents is 1. The fourth-order valence-corrected chi connectivity index (χ4v) is 3.00. The standard InChI is InChI=1S/C19H19BN4O4/c1-18(2)19(3,4)28-20(27-18)13-7-10(5-6-14(13)25)15-11(8-21)16(23)24-17(26)12(15)9-22/h5-7,25H,1-4H3,(H3,23,24,26). The number of hydrogen-bond donors (Lipinski definition) is 3. The van der Waals surface area contributed by atoms with Gasteiger partial charge in [-0.15, -0.1) is 0 Å². The third kappa shape index (κ3) is 2.91. The van der Waals surface area contributed by atoms with Gasteiger partial charge in [0.05, 0.1) is 11.2 Å². The lowest BCUT2D eigenvalue weighted by Crippen LogP contribution is -2.41. The molecule has 0 bridgehead atoms. The quantitative estimate of drug-likeness (QED) is 0.669. The Morgan fingerprint density at radius 1 is 1.11 bits per heavy atom. The molecule has 0 radical (unpaired) electrons. The number of H-pyrrole nitrogens is 1. The van der Waals surface area contributed by atoms with Gasteiger partial charge in [-0.25, -0.2) is 0 Å². The first-order valence-corrected chi connectivity index (χ1v) is 8.57. The maximum atomic E-state index is 12.1. The number of aromatic amines is 1. The highest BCUT2D eigenvalue weighted by atomic mass is 16.7. The molecule has 1 aliphatic rings. The second-order valence-electron chi connectivity index (χ2n) is 7.58. The molecule has 1 fully saturated rings. The molecule has 4 N–H and O–H groups in total. The number of aromatic hydroxyl groups is 1. The molecule has 28 heavy (non-hydrogen) atoms. The van der Waals surface area contributed by atoms with Crippen LogP contribution in [0.2, 0.25) is 0 Å². The van der Waals surface area contributed by atoms with Crippen LogP contribution in [0.15, 0.2) is 23.0 Å². The number of nitrogens with two attached hydrogens (primary N) is 1. The lowest BCUT2D eigenvalue weighted by atomic mass is 9.76. The summed E-state index contributed by atoms with van der Waals surface area (Å²) in [5.74, 6) is -0.205. The number of phenols is 1. The lowest BCUT2D eigenvalue weighted by Gasteiger charge is -2.32. The van der Waals surface area contributed by atoms with Crippen molar-refractivity contribution in [2.45, 2.75) is 38.9 Å². The zero-order valence-electron chi connectivity index (χ0n) is 16.0. The molecule has 1 aromatic carbocycles. The predicted molar refractivity (Wildman–Crippen MR) is 104 cm³/mol. The Hall–Kier alpha value is -3.27. The SMILES string of the molecule is CC1(C)OB(c2cc(-c3c(C#N)c(N)[nH]c(=O)c3C#N)ccc2O)OC1(C)C. The van der Waals surface area contributed by atoms with E-state index in [1.165, 1.54) is 18.2 Å². The van der Waals surface area contributed by atoms with E-state index in [4.69, 9.17) is 15.0 Å². The molecule has 2 heterocycles. The summed E-state index contributed by atoms with van der Waals surface area (Å²) in [5, 5.41) is 29.3. The minimum atomic E-state index is -0.861. The van der Waals surface area contributed by atoms with Crippen LogP contribution in [-0.2, 0) is 9.31 Å². The molecular weight excluding hydrogens is 359 g/mol. The molecule has 1 saturated heterocycles. The number of nitrogens with one attached hydrogen (secondary N) is 1. The van der Waals surface area contributed by atoms with Crippen molar-refractivity contribution < 1.29 is 14.4 Å². The summed E-state index contributed by atoms with van der Waals surface area (Å²) in [6, 6.07) is 8.17. The summed E-state index contributed by atoms with van der Waals surface area (Å²) < 4.78 is 12.0. The molecule has 2 aromatic rings. The van der Waals surface area contributed by atoms with E-state index in [1.807, 2.05) is 39.8 Å². The van der Waals surface area contributed by atoms with Crippen molar-refractivity contribution in [3.05, 3.63) is 39.7 Å². The molecule has 142 valence electrons. The molecule has 0 spiro atoms. The minimum absolute atomic E-state index is 0.0262. The molecular formula is C19H19BN4O4. The maximum Gasteiger partial charge on any atom is 0.498 e. The monoisotopic (exact) mass is 378 g/mol. The Bertz CT molecular complexity index is 1090. The van der Waals surface area contributed by atoms with Crippen LogP contribution in [0.4, 0.5) is 5.82 Å². The minimum Gasteiger partial charge on any atom is -0.508 e.